The summed E-state index contributed by atoms with van der Waals surface area (Å²) in [5.74, 6) is 0.176. The molecule has 1 unspecified atom stereocenters. The predicted octanol–water partition coefficient (Wildman–Crippen LogP) is 3.35. The van der Waals surface area contributed by atoms with E-state index in [0.29, 0.717) is 23.0 Å². The Labute approximate surface area is 148 Å². The van der Waals surface area contributed by atoms with E-state index in [2.05, 4.69) is 0 Å². The standard InChI is InChI=1S/C18H25ClN2O3/c1-11(2)21(12(3)4)18(23)13-8-17(22)20(10-13)15-9-14(19)6-7-16(15)24-5/h6-7,9,11-13H,8,10H2,1-5H3. The largest absolute Gasteiger partial charge is 0.495 e. The van der Waals surface area contributed by atoms with Crippen LogP contribution in [0.15, 0.2) is 18.2 Å². The molecular weight excluding hydrogens is 328 g/mol. The van der Waals surface area contributed by atoms with Gasteiger partial charge < -0.3 is 14.5 Å². The highest BCUT2D eigenvalue weighted by Gasteiger charge is 2.39. The van der Waals surface area contributed by atoms with Crippen molar-refractivity contribution < 1.29 is 14.3 Å². The summed E-state index contributed by atoms with van der Waals surface area (Å²) in [5.41, 5.74) is 0.617. The van der Waals surface area contributed by atoms with Gasteiger partial charge in [-0.2, -0.15) is 0 Å². The van der Waals surface area contributed by atoms with Crippen LogP contribution in [0.2, 0.25) is 5.02 Å². The van der Waals surface area contributed by atoms with Gasteiger partial charge in [0.1, 0.15) is 5.75 Å². The lowest BCUT2D eigenvalue weighted by Crippen LogP contribution is -2.45. The summed E-state index contributed by atoms with van der Waals surface area (Å²) in [4.78, 5) is 28.8. The second kappa shape index (κ2) is 7.43. The van der Waals surface area contributed by atoms with Crippen molar-refractivity contribution in [2.45, 2.75) is 46.2 Å². The van der Waals surface area contributed by atoms with Gasteiger partial charge in [-0.1, -0.05) is 11.6 Å². The number of benzene rings is 1. The van der Waals surface area contributed by atoms with E-state index < -0.39 is 0 Å². The molecule has 1 aromatic rings. The summed E-state index contributed by atoms with van der Waals surface area (Å²) in [5, 5.41) is 0.527. The average molecular weight is 353 g/mol. The van der Waals surface area contributed by atoms with Crippen LogP contribution in [0.25, 0.3) is 0 Å². The van der Waals surface area contributed by atoms with E-state index in [1.165, 1.54) is 0 Å². The lowest BCUT2D eigenvalue weighted by Gasteiger charge is -2.33. The molecule has 0 aliphatic carbocycles. The van der Waals surface area contributed by atoms with Crippen LogP contribution in [0.4, 0.5) is 5.69 Å². The van der Waals surface area contributed by atoms with Crippen molar-refractivity contribution in [3.8, 4) is 5.75 Å². The molecule has 0 radical (unpaired) electrons. The number of hydrogen-bond donors (Lipinski definition) is 0. The predicted molar refractivity (Wildman–Crippen MR) is 95.6 cm³/mol. The van der Waals surface area contributed by atoms with Gasteiger partial charge >= 0.3 is 0 Å². The highest BCUT2D eigenvalue weighted by Crippen LogP contribution is 2.35. The fourth-order valence-electron chi connectivity index (χ4n) is 3.30. The highest BCUT2D eigenvalue weighted by molar-refractivity contribution is 6.31. The van der Waals surface area contributed by atoms with Gasteiger partial charge in [0, 0.05) is 30.1 Å². The fourth-order valence-corrected chi connectivity index (χ4v) is 3.46. The smallest absolute Gasteiger partial charge is 0.228 e. The molecule has 0 aromatic heterocycles. The van der Waals surface area contributed by atoms with Crippen LogP contribution >= 0.6 is 11.6 Å². The van der Waals surface area contributed by atoms with Crippen LogP contribution in [-0.4, -0.2) is 42.5 Å². The van der Waals surface area contributed by atoms with Crippen molar-refractivity contribution in [1.82, 2.24) is 4.90 Å². The third-order valence-corrected chi connectivity index (χ3v) is 4.51. The fraction of sp³-hybridized carbons (Fsp3) is 0.556. The number of hydrogen-bond acceptors (Lipinski definition) is 3. The maximum Gasteiger partial charge on any atom is 0.228 e. The Kier molecular flexibility index (Phi) is 5.75. The first-order valence-electron chi connectivity index (χ1n) is 8.22. The minimum Gasteiger partial charge on any atom is -0.495 e. The topological polar surface area (TPSA) is 49.9 Å². The van der Waals surface area contributed by atoms with E-state index in [-0.39, 0.29) is 36.2 Å². The first-order chi connectivity index (χ1) is 11.3. The number of anilines is 1. The maximum atomic E-state index is 12.9. The number of ether oxygens (including phenoxy) is 1. The Balaban J connectivity index is 2.25. The number of amides is 2. The van der Waals surface area contributed by atoms with Gasteiger partial charge in [-0.25, -0.2) is 0 Å². The van der Waals surface area contributed by atoms with Crippen LogP contribution in [-0.2, 0) is 9.59 Å². The number of nitrogens with zero attached hydrogens (tertiary/aromatic N) is 2. The number of halogens is 1. The molecule has 2 rings (SSSR count). The second-order valence-corrected chi connectivity index (χ2v) is 7.09. The Morgan fingerprint density at radius 1 is 1.29 bits per heavy atom. The molecule has 0 bridgehead atoms. The molecule has 1 aliphatic rings. The van der Waals surface area contributed by atoms with E-state index in [1.807, 2.05) is 32.6 Å². The van der Waals surface area contributed by atoms with E-state index >= 15 is 0 Å². The van der Waals surface area contributed by atoms with Gasteiger partial charge in [-0.3, -0.25) is 9.59 Å². The molecule has 24 heavy (non-hydrogen) atoms. The summed E-state index contributed by atoms with van der Waals surface area (Å²) >= 11 is 6.06. The van der Waals surface area contributed by atoms with Crippen LogP contribution in [0.5, 0.6) is 5.75 Å². The minimum atomic E-state index is -0.342. The highest BCUT2D eigenvalue weighted by atomic mass is 35.5. The summed E-state index contributed by atoms with van der Waals surface area (Å²) in [6.45, 7) is 8.32. The van der Waals surface area contributed by atoms with E-state index in [9.17, 15) is 9.59 Å². The maximum absolute atomic E-state index is 12.9. The zero-order valence-electron chi connectivity index (χ0n) is 14.9. The van der Waals surface area contributed by atoms with E-state index in [0.717, 1.165) is 0 Å². The third-order valence-electron chi connectivity index (χ3n) is 4.27. The summed E-state index contributed by atoms with van der Waals surface area (Å²) in [6.07, 6.45) is 0.213. The first-order valence-corrected chi connectivity index (χ1v) is 8.60. The lowest BCUT2D eigenvalue weighted by atomic mass is 10.0. The first kappa shape index (κ1) is 18.6. The molecule has 5 nitrogen and oxygen atoms in total. The summed E-state index contributed by atoms with van der Waals surface area (Å²) in [7, 11) is 1.55. The van der Waals surface area contributed by atoms with Gasteiger partial charge in [0.25, 0.3) is 0 Å². The molecule has 2 amide bonds. The zero-order valence-corrected chi connectivity index (χ0v) is 15.6. The zero-order chi connectivity index (χ0) is 18.0. The van der Waals surface area contributed by atoms with Crippen molar-refractivity contribution >= 4 is 29.1 Å². The number of carbonyl (C=O) groups excluding carboxylic acids is 2. The molecule has 132 valence electrons. The van der Waals surface area contributed by atoms with Crippen LogP contribution in [0, 0.1) is 5.92 Å². The van der Waals surface area contributed by atoms with E-state index in [1.54, 1.807) is 30.2 Å². The van der Waals surface area contributed by atoms with Crippen molar-refractivity contribution in [1.29, 1.82) is 0 Å². The summed E-state index contributed by atoms with van der Waals surface area (Å²) < 4.78 is 5.33. The molecule has 1 heterocycles. The lowest BCUT2D eigenvalue weighted by molar-refractivity contribution is -0.139. The molecule has 0 saturated carbocycles. The number of rotatable bonds is 5. The Hall–Kier alpha value is -1.75. The second-order valence-electron chi connectivity index (χ2n) is 6.65. The molecule has 0 spiro atoms. The van der Waals surface area contributed by atoms with Gasteiger partial charge in [0.15, 0.2) is 0 Å². The van der Waals surface area contributed by atoms with Crippen molar-refractivity contribution in [2.24, 2.45) is 5.92 Å². The van der Waals surface area contributed by atoms with Gasteiger partial charge in [0.2, 0.25) is 11.8 Å². The summed E-state index contributed by atoms with van der Waals surface area (Å²) in [6, 6.07) is 5.35. The van der Waals surface area contributed by atoms with Gasteiger partial charge in [-0.15, -0.1) is 0 Å². The van der Waals surface area contributed by atoms with Gasteiger partial charge in [-0.05, 0) is 45.9 Å². The Morgan fingerprint density at radius 3 is 2.46 bits per heavy atom. The van der Waals surface area contributed by atoms with Crippen molar-refractivity contribution in [3.63, 3.8) is 0 Å². The number of carbonyl (C=O) groups is 2. The van der Waals surface area contributed by atoms with Crippen LogP contribution < -0.4 is 9.64 Å². The molecule has 1 aromatic carbocycles. The minimum absolute atomic E-state index is 0.0249. The Bertz CT molecular complexity index is 623. The van der Waals surface area contributed by atoms with Crippen molar-refractivity contribution in [3.05, 3.63) is 23.2 Å². The Morgan fingerprint density at radius 2 is 1.92 bits per heavy atom. The average Bonchev–Trinajstić information content (AvgIpc) is 2.88. The molecule has 0 N–H and O–H groups in total. The molecule has 6 heteroatoms. The quantitative estimate of drug-likeness (QED) is 0.816. The normalized spacial score (nSPS) is 17.8. The van der Waals surface area contributed by atoms with Crippen LogP contribution in [0.1, 0.15) is 34.1 Å². The SMILES string of the molecule is COc1ccc(Cl)cc1N1CC(C(=O)N(C(C)C)C(C)C)CC1=O. The van der Waals surface area contributed by atoms with Crippen molar-refractivity contribution in [2.75, 3.05) is 18.6 Å². The molecule has 1 atom stereocenters. The molecule has 1 fully saturated rings. The van der Waals surface area contributed by atoms with E-state index in [4.69, 9.17) is 16.3 Å². The molecule has 1 saturated heterocycles. The van der Waals surface area contributed by atoms with Gasteiger partial charge in [0.05, 0.1) is 18.7 Å². The monoisotopic (exact) mass is 352 g/mol. The van der Waals surface area contributed by atoms with Crippen LogP contribution in [0.3, 0.4) is 0 Å². The molecule has 1 aliphatic heterocycles. The third kappa shape index (κ3) is 3.66. The molecular formula is C18H25ClN2O3. The number of methoxy groups -OCH3 is 1.